The van der Waals surface area contributed by atoms with Gasteiger partial charge in [0.2, 0.25) is 11.8 Å². The number of rotatable bonds is 9. The predicted octanol–water partition coefficient (Wildman–Crippen LogP) is 3.88. The van der Waals surface area contributed by atoms with Gasteiger partial charge in [-0.25, -0.2) is 0 Å². The zero-order valence-corrected chi connectivity index (χ0v) is 18.1. The number of nitrogens with one attached hydrogen (secondary N) is 1. The molecule has 0 fully saturated rings. The summed E-state index contributed by atoms with van der Waals surface area (Å²) in [5.41, 5.74) is 2.97. The normalized spacial score (nSPS) is 12.7. The molecule has 0 saturated heterocycles. The molecule has 2 atom stereocenters. The molecule has 0 aromatic heterocycles. The van der Waals surface area contributed by atoms with Gasteiger partial charge in [-0.2, -0.15) is 0 Å². The van der Waals surface area contributed by atoms with Crippen molar-refractivity contribution in [2.75, 3.05) is 7.11 Å². The van der Waals surface area contributed by atoms with E-state index in [1.54, 1.807) is 18.9 Å². The van der Waals surface area contributed by atoms with Crippen molar-refractivity contribution < 1.29 is 14.3 Å². The Morgan fingerprint density at radius 2 is 1.76 bits per heavy atom. The Bertz CT molecular complexity index is 834. The number of benzene rings is 2. The summed E-state index contributed by atoms with van der Waals surface area (Å²) >= 11 is 0. The highest BCUT2D eigenvalue weighted by atomic mass is 16.5. The lowest BCUT2D eigenvalue weighted by atomic mass is 10.1. The van der Waals surface area contributed by atoms with Gasteiger partial charge in [0.25, 0.3) is 0 Å². The second-order valence-electron chi connectivity index (χ2n) is 7.53. The first-order chi connectivity index (χ1) is 13.8. The lowest BCUT2D eigenvalue weighted by Crippen LogP contribution is -2.49. The monoisotopic (exact) mass is 396 g/mol. The molecule has 0 unspecified atom stereocenters. The first kappa shape index (κ1) is 22.5. The molecule has 1 N–H and O–H groups in total. The summed E-state index contributed by atoms with van der Waals surface area (Å²) in [5, 5.41) is 2.99. The molecule has 2 aromatic rings. The van der Waals surface area contributed by atoms with E-state index in [4.69, 9.17) is 4.74 Å². The Balaban J connectivity index is 2.25. The van der Waals surface area contributed by atoms with Crippen LogP contribution in [0.25, 0.3) is 0 Å². The third-order valence-corrected chi connectivity index (χ3v) is 5.09. The molecule has 0 aliphatic carbocycles. The largest absolute Gasteiger partial charge is 0.497 e. The SMILES string of the molecule is CC[C@H](C)NC(=O)[C@@H](C)N(Cc1cccc(OC)c1)C(=O)Cc1cccc(C)c1. The van der Waals surface area contributed by atoms with Crippen molar-refractivity contribution in [3.8, 4) is 5.75 Å². The van der Waals surface area contributed by atoms with E-state index in [9.17, 15) is 9.59 Å². The quantitative estimate of drug-likeness (QED) is 0.700. The van der Waals surface area contributed by atoms with Crippen LogP contribution in [0.1, 0.15) is 43.9 Å². The van der Waals surface area contributed by atoms with Gasteiger partial charge in [-0.3, -0.25) is 9.59 Å². The molecule has 0 spiro atoms. The molecule has 29 heavy (non-hydrogen) atoms. The average molecular weight is 397 g/mol. The maximum atomic E-state index is 13.2. The number of hydrogen-bond donors (Lipinski definition) is 1. The first-order valence-corrected chi connectivity index (χ1v) is 10.1. The zero-order valence-electron chi connectivity index (χ0n) is 18.1. The number of ether oxygens (including phenoxy) is 1. The lowest BCUT2D eigenvalue weighted by Gasteiger charge is -2.30. The van der Waals surface area contributed by atoms with Crippen molar-refractivity contribution in [2.24, 2.45) is 0 Å². The Hall–Kier alpha value is -2.82. The standard InChI is InChI=1S/C24H32N2O3/c1-6-18(3)25-24(28)19(4)26(16-21-11-8-12-22(14-21)29-5)23(27)15-20-10-7-9-17(2)13-20/h7-14,18-19H,6,15-16H2,1-5H3,(H,25,28)/t18-,19+/m0/s1. The second-order valence-corrected chi connectivity index (χ2v) is 7.53. The Labute approximate surface area is 174 Å². The highest BCUT2D eigenvalue weighted by Gasteiger charge is 2.27. The molecular weight excluding hydrogens is 364 g/mol. The van der Waals surface area contributed by atoms with Gasteiger partial charge in [0, 0.05) is 12.6 Å². The van der Waals surface area contributed by atoms with E-state index in [0.717, 1.165) is 28.9 Å². The summed E-state index contributed by atoms with van der Waals surface area (Å²) < 4.78 is 5.30. The van der Waals surface area contributed by atoms with Crippen LogP contribution in [0.3, 0.4) is 0 Å². The van der Waals surface area contributed by atoms with Crippen molar-refractivity contribution >= 4 is 11.8 Å². The van der Waals surface area contributed by atoms with E-state index >= 15 is 0 Å². The Morgan fingerprint density at radius 3 is 2.41 bits per heavy atom. The molecular formula is C24H32N2O3. The van der Waals surface area contributed by atoms with Gasteiger partial charge in [0.15, 0.2) is 0 Å². The molecule has 0 saturated carbocycles. The Kier molecular flexibility index (Phi) is 8.25. The van der Waals surface area contributed by atoms with Crippen LogP contribution in [0.2, 0.25) is 0 Å². The van der Waals surface area contributed by atoms with Crippen LogP contribution in [0.4, 0.5) is 0 Å². The smallest absolute Gasteiger partial charge is 0.242 e. The molecule has 5 nitrogen and oxygen atoms in total. The van der Waals surface area contributed by atoms with Crippen molar-refractivity contribution in [3.05, 3.63) is 65.2 Å². The van der Waals surface area contributed by atoms with E-state index in [-0.39, 0.29) is 24.3 Å². The van der Waals surface area contributed by atoms with Crippen molar-refractivity contribution in [1.82, 2.24) is 10.2 Å². The summed E-state index contributed by atoms with van der Waals surface area (Å²) in [5.74, 6) is 0.510. The summed E-state index contributed by atoms with van der Waals surface area (Å²) in [6, 6.07) is 15.0. The van der Waals surface area contributed by atoms with E-state index in [2.05, 4.69) is 5.32 Å². The van der Waals surface area contributed by atoms with E-state index in [1.165, 1.54) is 0 Å². The maximum absolute atomic E-state index is 13.2. The Morgan fingerprint density at radius 1 is 1.07 bits per heavy atom. The minimum Gasteiger partial charge on any atom is -0.497 e. The first-order valence-electron chi connectivity index (χ1n) is 10.1. The fourth-order valence-corrected chi connectivity index (χ4v) is 3.11. The minimum absolute atomic E-state index is 0.0653. The van der Waals surface area contributed by atoms with Crippen molar-refractivity contribution in [2.45, 2.75) is 59.2 Å². The fraction of sp³-hybridized carbons (Fsp3) is 0.417. The molecule has 0 aliphatic rings. The highest BCUT2D eigenvalue weighted by Crippen LogP contribution is 2.17. The molecule has 2 rings (SSSR count). The van der Waals surface area contributed by atoms with Crippen LogP contribution in [-0.2, 0) is 22.6 Å². The number of methoxy groups -OCH3 is 1. The van der Waals surface area contributed by atoms with Crippen LogP contribution in [-0.4, -0.2) is 35.9 Å². The molecule has 5 heteroatoms. The van der Waals surface area contributed by atoms with E-state index in [1.807, 2.05) is 69.3 Å². The van der Waals surface area contributed by atoms with Gasteiger partial charge < -0.3 is 15.0 Å². The highest BCUT2D eigenvalue weighted by molar-refractivity contribution is 5.88. The summed E-state index contributed by atoms with van der Waals surface area (Å²) in [6.07, 6.45) is 1.10. The summed E-state index contributed by atoms with van der Waals surface area (Å²) in [7, 11) is 1.61. The summed E-state index contributed by atoms with van der Waals surface area (Å²) in [6.45, 7) is 8.12. The molecule has 0 bridgehead atoms. The third kappa shape index (κ3) is 6.63. The van der Waals surface area contributed by atoms with Gasteiger partial charge in [-0.1, -0.05) is 48.9 Å². The number of nitrogens with zero attached hydrogens (tertiary/aromatic N) is 1. The summed E-state index contributed by atoms with van der Waals surface area (Å²) in [4.78, 5) is 27.6. The van der Waals surface area contributed by atoms with Crippen LogP contribution in [0.15, 0.2) is 48.5 Å². The third-order valence-electron chi connectivity index (χ3n) is 5.09. The number of carbonyl (C=O) groups excluding carboxylic acids is 2. The van der Waals surface area contributed by atoms with Gasteiger partial charge in [-0.05, 0) is 50.5 Å². The maximum Gasteiger partial charge on any atom is 0.242 e. The average Bonchev–Trinajstić information content (AvgIpc) is 2.71. The molecule has 2 aromatic carbocycles. The van der Waals surface area contributed by atoms with Gasteiger partial charge >= 0.3 is 0 Å². The molecule has 0 radical (unpaired) electrons. The molecule has 156 valence electrons. The van der Waals surface area contributed by atoms with Crippen LogP contribution < -0.4 is 10.1 Å². The fourth-order valence-electron chi connectivity index (χ4n) is 3.11. The van der Waals surface area contributed by atoms with Crippen LogP contribution in [0, 0.1) is 6.92 Å². The molecule has 2 amide bonds. The number of amides is 2. The van der Waals surface area contributed by atoms with Crippen LogP contribution in [0.5, 0.6) is 5.75 Å². The zero-order chi connectivity index (χ0) is 21.4. The molecule has 0 aliphatic heterocycles. The lowest BCUT2D eigenvalue weighted by molar-refractivity contribution is -0.140. The van der Waals surface area contributed by atoms with Gasteiger partial charge in [0.1, 0.15) is 11.8 Å². The van der Waals surface area contributed by atoms with E-state index < -0.39 is 6.04 Å². The number of aryl methyl sites for hydroxylation is 1. The molecule has 0 heterocycles. The van der Waals surface area contributed by atoms with Crippen LogP contribution >= 0.6 is 0 Å². The number of carbonyl (C=O) groups is 2. The topological polar surface area (TPSA) is 58.6 Å². The van der Waals surface area contributed by atoms with Gasteiger partial charge in [-0.15, -0.1) is 0 Å². The predicted molar refractivity (Wildman–Crippen MR) is 116 cm³/mol. The van der Waals surface area contributed by atoms with Crippen molar-refractivity contribution in [3.63, 3.8) is 0 Å². The van der Waals surface area contributed by atoms with Crippen molar-refractivity contribution in [1.29, 1.82) is 0 Å². The number of hydrogen-bond acceptors (Lipinski definition) is 3. The van der Waals surface area contributed by atoms with E-state index in [0.29, 0.717) is 6.54 Å². The second kappa shape index (κ2) is 10.6. The minimum atomic E-state index is -0.576. The van der Waals surface area contributed by atoms with Gasteiger partial charge in [0.05, 0.1) is 13.5 Å².